The summed E-state index contributed by atoms with van der Waals surface area (Å²) in [7, 11) is 4.03. The Kier molecular flexibility index (Phi) is 7.33. The van der Waals surface area contributed by atoms with Gasteiger partial charge >= 0.3 is 6.03 Å². The molecule has 1 aliphatic heterocycles. The topological polar surface area (TPSA) is 55.9 Å². The summed E-state index contributed by atoms with van der Waals surface area (Å²) in [6.07, 6.45) is 1.41. The summed E-state index contributed by atoms with van der Waals surface area (Å²) in [4.78, 5) is 31.3. The van der Waals surface area contributed by atoms with Gasteiger partial charge in [-0.25, -0.2) is 4.79 Å². The fourth-order valence-corrected chi connectivity index (χ4v) is 3.78. The maximum Gasteiger partial charge on any atom is 0.321 e. The van der Waals surface area contributed by atoms with Crippen LogP contribution in [0.5, 0.6) is 0 Å². The SMILES string of the molecule is CCN(Cc1ccc(N(C)C)cc1)C(=O)C1CCN(C(=O)Nc2ccccc2)CC1. The molecule has 1 fully saturated rings. The molecule has 6 nitrogen and oxygen atoms in total. The van der Waals surface area contributed by atoms with Gasteiger partial charge in [0.1, 0.15) is 0 Å². The van der Waals surface area contributed by atoms with Gasteiger partial charge in [0.05, 0.1) is 0 Å². The Hall–Kier alpha value is -3.02. The lowest BCUT2D eigenvalue weighted by molar-refractivity contribution is -0.137. The molecule has 1 N–H and O–H groups in total. The van der Waals surface area contributed by atoms with Crippen molar-refractivity contribution >= 4 is 23.3 Å². The first-order valence-corrected chi connectivity index (χ1v) is 10.6. The number of urea groups is 1. The number of likely N-dealkylation sites (tertiary alicyclic amines) is 1. The van der Waals surface area contributed by atoms with Crippen molar-refractivity contribution in [3.63, 3.8) is 0 Å². The third-order valence-corrected chi connectivity index (χ3v) is 5.68. The van der Waals surface area contributed by atoms with Crippen molar-refractivity contribution in [2.75, 3.05) is 43.9 Å². The zero-order chi connectivity index (χ0) is 21.5. The third kappa shape index (κ3) is 5.53. The molecule has 0 saturated carbocycles. The number of rotatable bonds is 6. The van der Waals surface area contributed by atoms with Gasteiger partial charge in [-0.2, -0.15) is 0 Å². The molecular formula is C24H32N4O2. The molecule has 0 spiro atoms. The highest BCUT2D eigenvalue weighted by Gasteiger charge is 2.29. The van der Waals surface area contributed by atoms with E-state index in [4.69, 9.17) is 0 Å². The molecule has 0 aromatic heterocycles. The molecular weight excluding hydrogens is 376 g/mol. The fourth-order valence-electron chi connectivity index (χ4n) is 3.78. The van der Waals surface area contributed by atoms with E-state index in [9.17, 15) is 9.59 Å². The minimum Gasteiger partial charge on any atom is -0.378 e. The minimum absolute atomic E-state index is 0.0215. The van der Waals surface area contributed by atoms with E-state index >= 15 is 0 Å². The van der Waals surface area contributed by atoms with E-state index in [0.717, 1.165) is 16.9 Å². The minimum atomic E-state index is -0.0968. The molecule has 0 unspecified atom stereocenters. The molecule has 0 bridgehead atoms. The van der Waals surface area contributed by atoms with Crippen LogP contribution in [0.1, 0.15) is 25.3 Å². The van der Waals surface area contributed by atoms with Gasteiger partial charge < -0.3 is 20.0 Å². The van der Waals surface area contributed by atoms with Crippen molar-refractivity contribution in [3.8, 4) is 0 Å². The van der Waals surface area contributed by atoms with Crippen molar-refractivity contribution < 1.29 is 9.59 Å². The lowest BCUT2D eigenvalue weighted by Gasteiger charge is -2.34. The molecule has 3 rings (SSSR count). The van der Waals surface area contributed by atoms with Crippen molar-refractivity contribution in [3.05, 3.63) is 60.2 Å². The normalized spacial score (nSPS) is 14.3. The van der Waals surface area contributed by atoms with E-state index in [0.29, 0.717) is 39.0 Å². The Labute approximate surface area is 179 Å². The second-order valence-corrected chi connectivity index (χ2v) is 7.97. The predicted octanol–water partition coefficient (Wildman–Crippen LogP) is 4.05. The Morgan fingerprint density at radius 1 is 1.00 bits per heavy atom. The summed E-state index contributed by atoms with van der Waals surface area (Å²) in [6, 6.07) is 17.7. The Balaban J connectivity index is 1.52. The van der Waals surface area contributed by atoms with E-state index in [1.807, 2.05) is 56.3 Å². The van der Waals surface area contributed by atoms with Crippen LogP contribution in [0, 0.1) is 5.92 Å². The molecule has 0 radical (unpaired) electrons. The van der Waals surface area contributed by atoms with Crippen LogP contribution in [-0.4, -0.2) is 55.5 Å². The third-order valence-electron chi connectivity index (χ3n) is 5.68. The summed E-state index contributed by atoms with van der Waals surface area (Å²) in [5, 5.41) is 2.92. The fraction of sp³-hybridized carbons (Fsp3) is 0.417. The monoisotopic (exact) mass is 408 g/mol. The number of amides is 3. The molecule has 160 valence electrons. The zero-order valence-corrected chi connectivity index (χ0v) is 18.2. The number of hydrogen-bond donors (Lipinski definition) is 1. The zero-order valence-electron chi connectivity index (χ0n) is 18.2. The first kappa shape index (κ1) is 21.7. The van der Waals surface area contributed by atoms with Gasteiger partial charge in [0.15, 0.2) is 0 Å². The molecule has 1 heterocycles. The number of carbonyl (C=O) groups excluding carboxylic acids is 2. The quantitative estimate of drug-likeness (QED) is 0.785. The van der Waals surface area contributed by atoms with E-state index in [1.165, 1.54) is 0 Å². The molecule has 2 aromatic rings. The Morgan fingerprint density at radius 3 is 2.20 bits per heavy atom. The van der Waals surface area contributed by atoms with Crippen LogP contribution in [0.4, 0.5) is 16.2 Å². The number of benzene rings is 2. The molecule has 1 aliphatic rings. The summed E-state index contributed by atoms with van der Waals surface area (Å²) in [5.74, 6) is 0.170. The van der Waals surface area contributed by atoms with Crippen molar-refractivity contribution in [1.29, 1.82) is 0 Å². The summed E-state index contributed by atoms with van der Waals surface area (Å²) >= 11 is 0. The first-order chi connectivity index (χ1) is 14.5. The maximum atomic E-state index is 13.1. The first-order valence-electron chi connectivity index (χ1n) is 10.6. The van der Waals surface area contributed by atoms with Gasteiger partial charge in [0, 0.05) is 57.6 Å². The highest BCUT2D eigenvalue weighted by molar-refractivity contribution is 5.89. The Morgan fingerprint density at radius 2 is 1.63 bits per heavy atom. The number of piperidine rings is 1. The summed E-state index contributed by atoms with van der Waals surface area (Å²) < 4.78 is 0. The predicted molar refractivity (Wildman–Crippen MR) is 122 cm³/mol. The number of para-hydroxylation sites is 1. The van der Waals surface area contributed by atoms with Crippen LogP contribution in [0.2, 0.25) is 0 Å². The molecule has 30 heavy (non-hydrogen) atoms. The van der Waals surface area contributed by atoms with Gasteiger partial charge in [-0.05, 0) is 49.6 Å². The van der Waals surface area contributed by atoms with E-state index in [1.54, 1.807) is 4.90 Å². The van der Waals surface area contributed by atoms with Crippen molar-refractivity contribution in [2.45, 2.75) is 26.3 Å². The smallest absolute Gasteiger partial charge is 0.321 e. The average Bonchev–Trinajstić information content (AvgIpc) is 2.78. The number of carbonyl (C=O) groups is 2. The Bertz CT molecular complexity index is 828. The molecule has 3 amide bonds. The van der Waals surface area contributed by atoms with Crippen LogP contribution >= 0.6 is 0 Å². The van der Waals surface area contributed by atoms with Gasteiger partial charge in [-0.15, -0.1) is 0 Å². The molecule has 1 saturated heterocycles. The number of nitrogens with one attached hydrogen (secondary N) is 1. The van der Waals surface area contributed by atoms with E-state index in [-0.39, 0.29) is 17.9 Å². The van der Waals surface area contributed by atoms with Gasteiger partial charge in [-0.3, -0.25) is 4.79 Å². The van der Waals surface area contributed by atoms with Crippen molar-refractivity contribution in [2.24, 2.45) is 5.92 Å². The number of anilines is 2. The van der Waals surface area contributed by atoms with Gasteiger partial charge in [-0.1, -0.05) is 30.3 Å². The number of hydrogen-bond acceptors (Lipinski definition) is 3. The summed E-state index contributed by atoms with van der Waals surface area (Å²) in [6.45, 7) is 4.53. The van der Waals surface area contributed by atoms with Gasteiger partial charge in [0.25, 0.3) is 0 Å². The second kappa shape index (κ2) is 10.1. The van der Waals surface area contributed by atoms with Crippen LogP contribution < -0.4 is 10.2 Å². The highest BCUT2D eigenvalue weighted by atomic mass is 16.2. The lowest BCUT2D eigenvalue weighted by atomic mass is 9.95. The highest BCUT2D eigenvalue weighted by Crippen LogP contribution is 2.22. The molecule has 0 atom stereocenters. The van der Waals surface area contributed by atoms with Crippen LogP contribution in [0.25, 0.3) is 0 Å². The van der Waals surface area contributed by atoms with Crippen LogP contribution in [-0.2, 0) is 11.3 Å². The van der Waals surface area contributed by atoms with Crippen molar-refractivity contribution in [1.82, 2.24) is 9.80 Å². The van der Waals surface area contributed by atoms with E-state index in [2.05, 4.69) is 34.5 Å². The van der Waals surface area contributed by atoms with E-state index < -0.39 is 0 Å². The largest absolute Gasteiger partial charge is 0.378 e. The maximum absolute atomic E-state index is 13.1. The lowest BCUT2D eigenvalue weighted by Crippen LogP contribution is -2.45. The van der Waals surface area contributed by atoms with Crippen LogP contribution in [0.15, 0.2) is 54.6 Å². The molecule has 2 aromatic carbocycles. The standard InChI is InChI=1S/C24H32N4O2/c1-4-27(18-19-10-12-22(13-11-19)26(2)3)23(29)20-14-16-28(17-15-20)24(30)25-21-8-6-5-7-9-21/h5-13,20H,4,14-18H2,1-3H3,(H,25,30). The van der Waals surface area contributed by atoms with Crippen LogP contribution in [0.3, 0.4) is 0 Å². The average molecular weight is 409 g/mol. The molecule has 6 heteroatoms. The molecule has 0 aliphatic carbocycles. The second-order valence-electron chi connectivity index (χ2n) is 7.97. The number of nitrogens with zero attached hydrogens (tertiary/aromatic N) is 3. The van der Waals surface area contributed by atoms with Gasteiger partial charge in [0.2, 0.25) is 5.91 Å². The summed E-state index contributed by atoms with van der Waals surface area (Å²) in [5.41, 5.74) is 3.07.